The molecule has 0 saturated carbocycles. The maximum absolute atomic E-state index is 13.5. The average Bonchev–Trinajstić information content (AvgIpc) is 2.93. The van der Waals surface area contributed by atoms with Crippen LogP contribution in [-0.4, -0.2) is 55.9 Å². The van der Waals surface area contributed by atoms with Crippen LogP contribution in [0.25, 0.3) is 0 Å². The van der Waals surface area contributed by atoms with Crippen molar-refractivity contribution < 1.29 is 27.5 Å². The lowest BCUT2D eigenvalue weighted by molar-refractivity contribution is -0.132. The van der Waals surface area contributed by atoms with E-state index in [0.29, 0.717) is 13.0 Å². The molecule has 3 N–H and O–H groups in total. The minimum atomic E-state index is -4.24. The SMILES string of the molecule is CC(C)(C)CCN1C(=O)C(C2=NS(=O)(=O)c3cc(OCC(N)=O)ccc3N2)C(=O)[C@@H]1C(C)(C)C. The molecule has 0 radical (unpaired) electrons. The second-order valence-electron chi connectivity index (χ2n) is 10.9. The number of nitrogens with two attached hydrogens (primary N) is 1. The molecule has 1 fully saturated rings. The minimum Gasteiger partial charge on any atom is -0.484 e. The van der Waals surface area contributed by atoms with Gasteiger partial charge in [0.05, 0.1) is 11.7 Å². The number of amidine groups is 1. The highest BCUT2D eigenvalue weighted by Crippen LogP contribution is 2.38. The Morgan fingerprint density at radius 1 is 1.18 bits per heavy atom. The fourth-order valence-electron chi connectivity index (χ4n) is 4.10. The Bertz CT molecular complexity index is 1160. The fraction of sp³-hybridized carbons (Fsp3) is 0.565. The summed E-state index contributed by atoms with van der Waals surface area (Å²) in [5.74, 6) is -2.96. The minimum absolute atomic E-state index is 0.0545. The standard InChI is InChI=1S/C23H32N4O6S/c1-22(2,3)9-10-27-19(23(4,5)6)18(29)17(21(27)30)20-25-14-8-7-13(33-12-16(24)28)11-15(14)34(31,32)26-20/h7-8,11,17,19H,9-10,12H2,1-6H3,(H2,24,28)(H,25,26)/t17?,19-/m1/s1. The predicted octanol–water partition coefficient (Wildman–Crippen LogP) is 1.94. The number of carbonyl (C=O) groups excluding carboxylic acids is 3. The number of carbonyl (C=O) groups is 3. The number of amides is 2. The Hall–Kier alpha value is -2.95. The Balaban J connectivity index is 1.96. The van der Waals surface area contributed by atoms with Crippen molar-refractivity contribution in [2.45, 2.75) is 58.9 Å². The van der Waals surface area contributed by atoms with Crippen molar-refractivity contribution in [2.75, 3.05) is 18.5 Å². The summed E-state index contributed by atoms with van der Waals surface area (Å²) < 4.78 is 34.9. The van der Waals surface area contributed by atoms with Crippen LogP contribution in [0.3, 0.4) is 0 Å². The van der Waals surface area contributed by atoms with Gasteiger partial charge in [-0.15, -0.1) is 4.40 Å². The second kappa shape index (κ2) is 8.68. The maximum atomic E-state index is 13.5. The van der Waals surface area contributed by atoms with E-state index in [2.05, 4.69) is 30.5 Å². The average molecular weight is 493 g/mol. The normalized spacial score (nSPS) is 22.2. The Morgan fingerprint density at radius 3 is 2.38 bits per heavy atom. The smallest absolute Gasteiger partial charge is 0.286 e. The molecule has 1 aromatic carbocycles. The molecule has 1 unspecified atom stereocenters. The number of nitrogens with one attached hydrogen (secondary N) is 1. The van der Waals surface area contributed by atoms with Crippen molar-refractivity contribution in [3.63, 3.8) is 0 Å². The molecule has 0 spiro atoms. The van der Waals surface area contributed by atoms with E-state index < -0.39 is 45.8 Å². The number of rotatable bonds is 6. The molecular weight excluding hydrogens is 460 g/mol. The second-order valence-corrected chi connectivity index (χ2v) is 12.5. The summed E-state index contributed by atoms with van der Waals surface area (Å²) in [7, 11) is -4.24. The van der Waals surface area contributed by atoms with Gasteiger partial charge in [-0.3, -0.25) is 14.4 Å². The van der Waals surface area contributed by atoms with E-state index in [1.54, 1.807) is 4.90 Å². The van der Waals surface area contributed by atoms with Crippen LogP contribution >= 0.6 is 0 Å². The number of likely N-dealkylation sites (tertiary alicyclic amines) is 1. The molecule has 1 saturated heterocycles. The quantitative estimate of drug-likeness (QED) is 0.577. The molecule has 2 aliphatic heterocycles. The highest BCUT2D eigenvalue weighted by atomic mass is 32.2. The summed E-state index contributed by atoms with van der Waals surface area (Å²) in [6, 6.07) is 3.40. The largest absolute Gasteiger partial charge is 0.484 e. The van der Waals surface area contributed by atoms with E-state index in [-0.39, 0.29) is 33.4 Å². The van der Waals surface area contributed by atoms with Gasteiger partial charge in [-0.2, -0.15) is 8.42 Å². The number of Topliss-reactive ketones (excluding diaryl/α,β-unsaturated/α-hetero) is 1. The van der Waals surface area contributed by atoms with Crippen LogP contribution in [0.1, 0.15) is 48.0 Å². The third kappa shape index (κ3) is 5.24. The molecule has 2 heterocycles. The number of fused-ring (bicyclic) bond motifs is 1. The summed E-state index contributed by atoms with van der Waals surface area (Å²) in [6.45, 7) is 11.8. The van der Waals surface area contributed by atoms with E-state index in [1.165, 1.54) is 18.2 Å². The van der Waals surface area contributed by atoms with Crippen molar-refractivity contribution >= 4 is 39.1 Å². The van der Waals surface area contributed by atoms with Gasteiger partial charge < -0.3 is 20.7 Å². The molecule has 1 aromatic rings. The van der Waals surface area contributed by atoms with Crippen molar-refractivity contribution in [1.82, 2.24) is 4.90 Å². The van der Waals surface area contributed by atoms with Gasteiger partial charge >= 0.3 is 0 Å². The third-order valence-electron chi connectivity index (χ3n) is 5.69. The van der Waals surface area contributed by atoms with Gasteiger partial charge in [0.2, 0.25) is 5.91 Å². The molecule has 11 heteroatoms. The predicted molar refractivity (Wildman–Crippen MR) is 127 cm³/mol. The highest BCUT2D eigenvalue weighted by molar-refractivity contribution is 7.90. The molecule has 0 bridgehead atoms. The highest BCUT2D eigenvalue weighted by Gasteiger charge is 2.54. The van der Waals surface area contributed by atoms with E-state index in [0.717, 1.165) is 0 Å². The molecule has 2 atom stereocenters. The summed E-state index contributed by atoms with van der Waals surface area (Å²) >= 11 is 0. The van der Waals surface area contributed by atoms with Gasteiger partial charge in [-0.25, -0.2) is 0 Å². The van der Waals surface area contributed by atoms with Gasteiger partial charge in [0.1, 0.15) is 16.5 Å². The van der Waals surface area contributed by atoms with Crippen LogP contribution in [0.5, 0.6) is 5.75 Å². The van der Waals surface area contributed by atoms with Gasteiger partial charge in [-0.05, 0) is 29.4 Å². The van der Waals surface area contributed by atoms with Gasteiger partial charge in [0, 0.05) is 12.6 Å². The number of hydrogen-bond acceptors (Lipinski definition) is 7. The summed E-state index contributed by atoms with van der Waals surface area (Å²) in [5.41, 5.74) is 4.63. The lowest BCUT2D eigenvalue weighted by atomic mass is 9.82. The first kappa shape index (κ1) is 25.7. The van der Waals surface area contributed by atoms with Crippen LogP contribution in [0, 0.1) is 16.7 Å². The summed E-state index contributed by atoms with van der Waals surface area (Å²) in [6.07, 6.45) is 0.681. The monoisotopic (exact) mass is 492 g/mol. The first-order chi connectivity index (χ1) is 15.5. The number of ether oxygens (including phenoxy) is 1. The van der Waals surface area contributed by atoms with Gasteiger partial charge in [-0.1, -0.05) is 41.5 Å². The number of anilines is 1. The van der Waals surface area contributed by atoms with Crippen LogP contribution < -0.4 is 15.8 Å². The van der Waals surface area contributed by atoms with Crippen LogP contribution in [-0.2, 0) is 24.4 Å². The Morgan fingerprint density at radius 2 is 1.82 bits per heavy atom. The zero-order chi connectivity index (χ0) is 25.6. The number of benzene rings is 1. The van der Waals surface area contributed by atoms with Gasteiger partial charge in [0.15, 0.2) is 18.3 Å². The summed E-state index contributed by atoms with van der Waals surface area (Å²) in [5, 5.41) is 2.87. The van der Waals surface area contributed by atoms with Crippen LogP contribution in [0.4, 0.5) is 5.69 Å². The first-order valence-electron chi connectivity index (χ1n) is 11.0. The van der Waals surface area contributed by atoms with Crippen molar-refractivity contribution in [2.24, 2.45) is 26.9 Å². The van der Waals surface area contributed by atoms with E-state index in [9.17, 15) is 22.8 Å². The van der Waals surface area contributed by atoms with E-state index in [4.69, 9.17) is 10.5 Å². The van der Waals surface area contributed by atoms with Crippen molar-refractivity contribution in [3.8, 4) is 5.75 Å². The third-order valence-corrected chi connectivity index (χ3v) is 7.02. The topological polar surface area (TPSA) is 148 Å². The molecule has 0 aliphatic carbocycles. The van der Waals surface area contributed by atoms with Gasteiger partial charge in [0.25, 0.3) is 15.9 Å². The molecule has 3 rings (SSSR count). The molecular formula is C23H32N4O6S. The number of nitrogens with zero attached hydrogens (tertiary/aromatic N) is 2. The number of hydrogen-bond donors (Lipinski definition) is 2. The van der Waals surface area contributed by atoms with Crippen LogP contribution in [0.2, 0.25) is 0 Å². The lowest BCUT2D eigenvalue weighted by Crippen LogP contribution is -2.45. The van der Waals surface area contributed by atoms with Crippen LogP contribution in [0.15, 0.2) is 27.5 Å². The Labute approximate surface area is 200 Å². The zero-order valence-electron chi connectivity index (χ0n) is 20.3. The fourth-order valence-corrected chi connectivity index (χ4v) is 5.27. The molecule has 2 amide bonds. The molecule has 186 valence electrons. The maximum Gasteiger partial charge on any atom is 0.286 e. The van der Waals surface area contributed by atoms with Crippen molar-refractivity contribution in [1.29, 1.82) is 0 Å². The zero-order valence-corrected chi connectivity index (χ0v) is 21.2. The van der Waals surface area contributed by atoms with Crippen molar-refractivity contribution in [3.05, 3.63) is 18.2 Å². The Kier molecular flexibility index (Phi) is 6.55. The number of primary amides is 1. The van der Waals surface area contributed by atoms with E-state index in [1.807, 2.05) is 20.8 Å². The number of ketones is 1. The first-order valence-corrected chi connectivity index (χ1v) is 12.5. The molecule has 10 nitrogen and oxygen atoms in total. The molecule has 2 aliphatic rings. The molecule has 0 aromatic heterocycles. The lowest BCUT2D eigenvalue weighted by Gasteiger charge is -2.35. The molecule has 34 heavy (non-hydrogen) atoms. The summed E-state index contributed by atoms with van der Waals surface area (Å²) in [4.78, 5) is 39.2. The number of sulfonamides is 1. The van der Waals surface area contributed by atoms with E-state index >= 15 is 0 Å².